The maximum atomic E-state index is 12.3. The first-order valence-corrected chi connectivity index (χ1v) is 6.55. The first-order chi connectivity index (χ1) is 8.13. The van der Waals surface area contributed by atoms with Gasteiger partial charge in [0.05, 0.1) is 15.6 Å². The van der Waals surface area contributed by atoms with E-state index in [1.54, 1.807) is 18.2 Å². The number of hydrogen-bond donors (Lipinski definition) is 1. The molecule has 0 saturated carbocycles. The van der Waals surface area contributed by atoms with Gasteiger partial charge in [0.2, 0.25) is 5.78 Å². The third kappa shape index (κ3) is 2.35. The lowest BCUT2D eigenvalue weighted by Gasteiger charge is -2.03. The average Bonchev–Trinajstić information content (AvgIpc) is 2.80. The summed E-state index contributed by atoms with van der Waals surface area (Å²) in [7, 11) is 0. The third-order valence-corrected chi connectivity index (χ3v) is 3.88. The predicted molar refractivity (Wildman–Crippen MR) is 73.0 cm³/mol. The molecule has 0 aliphatic carbocycles. The van der Waals surface area contributed by atoms with E-state index in [4.69, 9.17) is 17.3 Å². The molecule has 17 heavy (non-hydrogen) atoms. The van der Waals surface area contributed by atoms with Crippen LogP contribution in [0.1, 0.15) is 27.7 Å². The number of thiophene rings is 1. The molecule has 0 bridgehead atoms. The molecule has 0 aliphatic rings. The highest BCUT2D eigenvalue weighted by Crippen LogP contribution is 2.25. The minimum Gasteiger partial charge on any atom is -0.398 e. The molecular weight excluding hydrogens is 254 g/mol. The van der Waals surface area contributed by atoms with Crippen LogP contribution < -0.4 is 5.73 Å². The Labute approximate surface area is 109 Å². The Balaban J connectivity index is 2.40. The normalized spacial score (nSPS) is 10.5. The van der Waals surface area contributed by atoms with Crippen molar-refractivity contribution in [3.05, 3.63) is 50.7 Å². The van der Waals surface area contributed by atoms with Crippen LogP contribution in [-0.4, -0.2) is 5.78 Å². The standard InChI is InChI=1S/C13H12ClNOS/c1-2-8-5-6-17-13(8)12(16)9-3-4-11(15)10(14)7-9/h3-7H,2,15H2,1H3. The van der Waals surface area contributed by atoms with Crippen LogP contribution in [0.15, 0.2) is 29.6 Å². The van der Waals surface area contributed by atoms with Gasteiger partial charge in [0.25, 0.3) is 0 Å². The number of hydrogen-bond acceptors (Lipinski definition) is 3. The second-order valence-electron chi connectivity index (χ2n) is 3.69. The van der Waals surface area contributed by atoms with Crippen LogP contribution in [0.25, 0.3) is 0 Å². The topological polar surface area (TPSA) is 43.1 Å². The number of aryl methyl sites for hydroxylation is 1. The molecule has 0 spiro atoms. The molecule has 2 aromatic rings. The largest absolute Gasteiger partial charge is 0.398 e. The summed E-state index contributed by atoms with van der Waals surface area (Å²) in [6, 6.07) is 6.98. The maximum absolute atomic E-state index is 12.3. The van der Waals surface area contributed by atoms with Crippen molar-refractivity contribution in [2.24, 2.45) is 0 Å². The molecule has 2 rings (SSSR count). The molecule has 0 amide bonds. The van der Waals surface area contributed by atoms with Gasteiger partial charge >= 0.3 is 0 Å². The van der Waals surface area contributed by atoms with E-state index in [9.17, 15) is 4.79 Å². The Kier molecular flexibility index (Phi) is 3.50. The van der Waals surface area contributed by atoms with Gasteiger partial charge in [0.15, 0.2) is 0 Å². The number of halogens is 1. The highest BCUT2D eigenvalue weighted by molar-refractivity contribution is 7.12. The molecule has 0 unspecified atom stereocenters. The molecule has 2 nitrogen and oxygen atoms in total. The minimum absolute atomic E-state index is 0.0127. The van der Waals surface area contributed by atoms with E-state index in [2.05, 4.69) is 0 Å². The van der Waals surface area contributed by atoms with Crippen molar-refractivity contribution in [1.29, 1.82) is 0 Å². The fourth-order valence-electron chi connectivity index (χ4n) is 1.61. The van der Waals surface area contributed by atoms with Gasteiger partial charge in [-0.05, 0) is 41.6 Å². The molecule has 1 heterocycles. The second kappa shape index (κ2) is 4.90. The summed E-state index contributed by atoms with van der Waals surface area (Å²) in [5, 5.41) is 2.36. The highest BCUT2D eigenvalue weighted by atomic mass is 35.5. The van der Waals surface area contributed by atoms with Crippen molar-refractivity contribution in [2.45, 2.75) is 13.3 Å². The lowest BCUT2D eigenvalue weighted by molar-refractivity contribution is 0.104. The number of carbonyl (C=O) groups is 1. The fourth-order valence-corrected chi connectivity index (χ4v) is 2.75. The molecule has 2 N–H and O–H groups in total. The number of ketones is 1. The summed E-state index contributed by atoms with van der Waals surface area (Å²) in [6.07, 6.45) is 0.854. The zero-order valence-electron chi connectivity index (χ0n) is 9.37. The quantitative estimate of drug-likeness (QED) is 0.678. The van der Waals surface area contributed by atoms with E-state index >= 15 is 0 Å². The van der Waals surface area contributed by atoms with E-state index in [-0.39, 0.29) is 5.78 Å². The molecular formula is C13H12ClNOS. The molecule has 0 fully saturated rings. The van der Waals surface area contributed by atoms with Crippen LogP contribution in [0.5, 0.6) is 0 Å². The smallest absolute Gasteiger partial charge is 0.203 e. The van der Waals surface area contributed by atoms with Crippen LogP contribution >= 0.6 is 22.9 Å². The summed E-state index contributed by atoms with van der Waals surface area (Å²) in [6.45, 7) is 2.04. The van der Waals surface area contributed by atoms with Gasteiger partial charge in [0, 0.05) is 5.56 Å². The van der Waals surface area contributed by atoms with E-state index in [0.717, 1.165) is 16.9 Å². The highest BCUT2D eigenvalue weighted by Gasteiger charge is 2.15. The Morgan fingerprint density at radius 3 is 2.82 bits per heavy atom. The van der Waals surface area contributed by atoms with Gasteiger partial charge in [-0.3, -0.25) is 4.79 Å². The van der Waals surface area contributed by atoms with E-state index in [1.807, 2.05) is 18.4 Å². The number of nitrogens with two attached hydrogens (primary N) is 1. The summed E-state index contributed by atoms with van der Waals surface area (Å²) < 4.78 is 0. The number of carbonyl (C=O) groups excluding carboxylic acids is 1. The molecule has 4 heteroatoms. The molecule has 0 saturated heterocycles. The van der Waals surface area contributed by atoms with Crippen molar-refractivity contribution in [2.75, 3.05) is 5.73 Å². The van der Waals surface area contributed by atoms with Crippen LogP contribution in [0.4, 0.5) is 5.69 Å². The third-order valence-electron chi connectivity index (χ3n) is 2.60. The van der Waals surface area contributed by atoms with E-state index in [0.29, 0.717) is 16.3 Å². The molecule has 88 valence electrons. The van der Waals surface area contributed by atoms with Crippen LogP contribution in [0.2, 0.25) is 5.02 Å². The number of benzene rings is 1. The SMILES string of the molecule is CCc1ccsc1C(=O)c1ccc(N)c(Cl)c1. The zero-order valence-corrected chi connectivity index (χ0v) is 10.9. The lowest BCUT2D eigenvalue weighted by atomic mass is 10.1. The van der Waals surface area contributed by atoms with E-state index < -0.39 is 0 Å². The van der Waals surface area contributed by atoms with Gasteiger partial charge in [-0.1, -0.05) is 18.5 Å². The first-order valence-electron chi connectivity index (χ1n) is 5.29. The second-order valence-corrected chi connectivity index (χ2v) is 5.02. The van der Waals surface area contributed by atoms with Gasteiger partial charge in [-0.15, -0.1) is 11.3 Å². The van der Waals surface area contributed by atoms with Crippen molar-refractivity contribution >= 4 is 34.4 Å². The van der Waals surface area contributed by atoms with Crippen molar-refractivity contribution in [3.63, 3.8) is 0 Å². The first kappa shape index (κ1) is 12.1. The van der Waals surface area contributed by atoms with Gasteiger partial charge in [0.1, 0.15) is 0 Å². The summed E-state index contributed by atoms with van der Waals surface area (Å²) in [4.78, 5) is 13.0. The molecule has 1 aromatic carbocycles. The number of rotatable bonds is 3. The Morgan fingerprint density at radius 1 is 1.41 bits per heavy atom. The lowest BCUT2D eigenvalue weighted by Crippen LogP contribution is -2.02. The molecule has 0 aliphatic heterocycles. The monoisotopic (exact) mass is 265 g/mol. The zero-order chi connectivity index (χ0) is 12.4. The summed E-state index contributed by atoms with van der Waals surface area (Å²) in [5.41, 5.74) is 7.78. The molecule has 0 radical (unpaired) electrons. The van der Waals surface area contributed by atoms with Crippen molar-refractivity contribution in [1.82, 2.24) is 0 Å². The summed E-state index contributed by atoms with van der Waals surface area (Å²) >= 11 is 7.38. The van der Waals surface area contributed by atoms with E-state index in [1.165, 1.54) is 11.3 Å². The van der Waals surface area contributed by atoms with Gasteiger partial charge in [-0.2, -0.15) is 0 Å². The van der Waals surface area contributed by atoms with Gasteiger partial charge in [-0.25, -0.2) is 0 Å². The predicted octanol–water partition coefficient (Wildman–Crippen LogP) is 3.78. The van der Waals surface area contributed by atoms with Gasteiger partial charge < -0.3 is 5.73 Å². The average molecular weight is 266 g/mol. The van der Waals surface area contributed by atoms with Crippen molar-refractivity contribution in [3.8, 4) is 0 Å². The molecule has 1 aromatic heterocycles. The van der Waals surface area contributed by atoms with Crippen molar-refractivity contribution < 1.29 is 4.79 Å². The maximum Gasteiger partial charge on any atom is 0.203 e. The van der Waals surface area contributed by atoms with Crippen LogP contribution in [0.3, 0.4) is 0 Å². The molecule has 0 atom stereocenters. The number of nitrogen functional groups attached to an aromatic ring is 1. The fraction of sp³-hybridized carbons (Fsp3) is 0.154. The minimum atomic E-state index is 0.0127. The van der Waals surface area contributed by atoms with Crippen LogP contribution in [-0.2, 0) is 6.42 Å². The Morgan fingerprint density at radius 2 is 2.18 bits per heavy atom. The Bertz CT molecular complexity index is 562. The van der Waals surface area contributed by atoms with Crippen LogP contribution in [0, 0.1) is 0 Å². The number of anilines is 1. The Hall–Kier alpha value is -1.32. The summed E-state index contributed by atoms with van der Waals surface area (Å²) in [5.74, 6) is 0.0127.